The Hall–Kier alpha value is -14.8. The van der Waals surface area contributed by atoms with E-state index in [9.17, 15) is 101 Å². The Bertz CT molecular complexity index is 9100. The van der Waals surface area contributed by atoms with Gasteiger partial charge in [-0.1, -0.05) is 103 Å². The first-order valence-electron chi connectivity index (χ1n) is 37.6. The van der Waals surface area contributed by atoms with Crippen LogP contribution in [0.1, 0.15) is 0 Å². The quantitative estimate of drug-likeness (QED) is 0.0191. The van der Waals surface area contributed by atoms with Crippen LogP contribution < -0.4 is 30.6 Å². The number of anilines is 7. The third-order valence-electron chi connectivity index (χ3n) is 20.7. The van der Waals surface area contributed by atoms with Crippen molar-refractivity contribution in [3.63, 3.8) is 0 Å². The summed E-state index contributed by atoms with van der Waals surface area (Å²) in [6.07, 6.45) is 0. The molecule has 4 aromatic heterocycles. The van der Waals surface area contributed by atoms with Crippen LogP contribution in [0.5, 0.6) is 11.5 Å². The van der Waals surface area contributed by atoms with Crippen LogP contribution in [0, 0.1) is 0 Å². The maximum Gasteiger partial charge on any atom is 2.00 e. The second-order valence-corrected chi connectivity index (χ2v) is 40.8. The summed E-state index contributed by atoms with van der Waals surface area (Å²) in [5.74, 6) is -5.71. The SMILES string of the molecule is O=S(=O)(O)c1ccc2c(c1)-c1nc-2nc2[n-]c(nc3nc(nc4[n-]c(n1)c1ccc(S(=O)(=O)O)cc41)-c1ccc(S(=O)(=O)Nc4cccc(Nc5nc(Nc6cc(S(=O)(=O)O)cc7cc(S(=O)(=O)O)c(N=Nc8cccc9ccccc89)c(O)c67)nc(Nc6cc(S(=O)(=O)O)cc7cc(S(=O)(=O)O)c(N=Nc8cccc9ccccc89)c(O)c67)n5)c4)cc1-3)c1ccc(S(=O)(=O)O)cc21.[Zn+2]. The molecule has 0 amide bonds. The first kappa shape index (κ1) is 89.8. The minimum Gasteiger partial charge on any atom is -0.505 e. The number of phenolic OH excluding ortho intramolecular Hbond substituents is 2. The zero-order valence-electron chi connectivity index (χ0n) is 66.5. The summed E-state index contributed by atoms with van der Waals surface area (Å²) in [4.78, 5) is 43.8. The smallest absolute Gasteiger partial charge is 0.505 e. The molecular weight excluding hydrogens is 1960 g/mol. The predicted molar refractivity (Wildman–Crippen MR) is 477 cm³/mol. The van der Waals surface area contributed by atoms with Crippen LogP contribution in [-0.2, 0) is 100 Å². The maximum atomic E-state index is 15.1. The molecule has 0 spiro atoms. The molecule has 13 aromatic carbocycles. The molecule has 44 nitrogen and oxygen atoms in total. The Kier molecular flexibility index (Phi) is 21.8. The summed E-state index contributed by atoms with van der Waals surface area (Å²) in [6, 6.07) is 45.4. The average Bonchev–Trinajstić information content (AvgIpc) is 1.74. The number of nitrogens with zero attached hydrogens (tertiary/aromatic N) is 15. The zero-order chi connectivity index (χ0) is 93.9. The summed E-state index contributed by atoms with van der Waals surface area (Å²) in [5.41, 5.74) is -4.68. The third-order valence-corrected chi connectivity index (χ3v) is 28.1. The van der Waals surface area contributed by atoms with Crippen molar-refractivity contribution in [2.24, 2.45) is 20.5 Å². The van der Waals surface area contributed by atoms with E-state index in [1.54, 1.807) is 72.8 Å². The van der Waals surface area contributed by atoms with E-state index in [-0.39, 0.29) is 132 Å². The summed E-state index contributed by atoms with van der Waals surface area (Å²) in [5, 5.41) is 49.4. The van der Waals surface area contributed by atoms with Crippen molar-refractivity contribution in [2.45, 2.75) is 39.2 Å². The maximum absolute atomic E-state index is 15.1. The Morgan fingerprint density at radius 1 is 0.276 bits per heavy atom. The predicted octanol–water partition coefficient (Wildman–Crippen LogP) is 13.9. The minimum atomic E-state index is -5.46. The molecule has 134 heavy (non-hydrogen) atoms. The number of rotatable bonds is 20. The number of sulfonamides is 1. The number of azo groups is 2. The van der Waals surface area contributed by atoms with E-state index in [2.05, 4.69) is 81.0 Å². The molecule has 17 aromatic rings. The second-order valence-electron chi connectivity index (χ2n) is 29.2. The molecular formula is C81H49N19O25S8Zn. The Morgan fingerprint density at radius 2 is 0.634 bits per heavy atom. The number of hydrogen-bond acceptors (Lipinski definition) is 34. The number of nitrogens with one attached hydrogen (secondary N) is 4. The van der Waals surface area contributed by atoms with E-state index in [0.29, 0.717) is 57.9 Å². The fourth-order valence-corrected chi connectivity index (χ4v) is 19.8. The summed E-state index contributed by atoms with van der Waals surface area (Å²) in [6.45, 7) is 0. The summed E-state index contributed by atoms with van der Waals surface area (Å²) in [7, 11) is -41.4. The topological polar surface area (TPSA) is 697 Å². The molecule has 2 aliphatic heterocycles. The van der Waals surface area contributed by atoms with Gasteiger partial charge in [-0.3, -0.25) is 36.6 Å². The molecule has 0 atom stereocenters. The van der Waals surface area contributed by atoms with Gasteiger partial charge in [0, 0.05) is 72.1 Å². The van der Waals surface area contributed by atoms with Gasteiger partial charge in [-0.15, -0.1) is 20.5 Å². The van der Waals surface area contributed by atoms with E-state index in [1.807, 2.05) is 0 Å². The van der Waals surface area contributed by atoms with Crippen LogP contribution in [0.2, 0.25) is 0 Å². The van der Waals surface area contributed by atoms with Crippen LogP contribution >= 0.6 is 0 Å². The van der Waals surface area contributed by atoms with Gasteiger partial charge >= 0.3 is 19.5 Å². The Balaban J connectivity index is 0.0000120. The van der Waals surface area contributed by atoms with Crippen LogP contribution in [0.15, 0.2) is 278 Å². The van der Waals surface area contributed by atoms with Crippen molar-refractivity contribution >= 4 is 231 Å². The number of benzene rings is 13. The Labute approximate surface area is 765 Å². The van der Waals surface area contributed by atoms with E-state index in [4.69, 9.17) is 15.0 Å². The average molecular weight is 2010 g/mol. The number of aromatic nitrogens is 11. The van der Waals surface area contributed by atoms with Crippen molar-refractivity contribution < 1.29 is 129 Å². The number of hydrogen-bond donors (Lipinski definition) is 13. The van der Waals surface area contributed by atoms with Gasteiger partial charge in [0.05, 0.1) is 81.1 Å². The minimum absolute atomic E-state index is 0. The molecule has 19 rings (SSSR count). The van der Waals surface area contributed by atoms with Gasteiger partial charge in [0.15, 0.2) is 11.5 Å². The number of fused-ring (bicyclic) bond motifs is 24. The van der Waals surface area contributed by atoms with E-state index < -0.39 is 194 Å². The molecule has 2 aliphatic rings. The first-order chi connectivity index (χ1) is 62.8. The fourth-order valence-electron chi connectivity index (χ4n) is 14.8. The molecule has 0 radical (unpaired) electrons. The van der Waals surface area contributed by atoms with Gasteiger partial charge in [-0.25, -0.2) is 18.4 Å². The van der Waals surface area contributed by atoms with E-state index >= 15 is 8.42 Å². The monoisotopic (exact) mass is 2010 g/mol. The summed E-state index contributed by atoms with van der Waals surface area (Å²) >= 11 is 0. The molecule has 0 saturated carbocycles. The molecule has 668 valence electrons. The van der Waals surface area contributed by atoms with Crippen LogP contribution in [0.4, 0.5) is 63.3 Å². The van der Waals surface area contributed by atoms with Crippen molar-refractivity contribution in [2.75, 3.05) is 20.7 Å². The first-order valence-corrected chi connectivity index (χ1v) is 49.1. The van der Waals surface area contributed by atoms with Crippen LogP contribution in [0.25, 0.3) is 133 Å². The van der Waals surface area contributed by atoms with E-state index in [0.717, 1.165) is 48.5 Å². The van der Waals surface area contributed by atoms with Gasteiger partial charge in [0.25, 0.3) is 80.9 Å². The molecule has 53 heteroatoms. The third kappa shape index (κ3) is 17.1. The molecule has 0 unspecified atom stereocenters. The second kappa shape index (κ2) is 32.6. The molecule has 13 N–H and O–H groups in total. The van der Waals surface area contributed by atoms with Crippen LogP contribution in [-0.4, -0.2) is 154 Å². The van der Waals surface area contributed by atoms with Crippen LogP contribution in [0.3, 0.4) is 0 Å². The molecule has 6 heterocycles. The van der Waals surface area contributed by atoms with Gasteiger partial charge < -0.3 is 56.1 Å². The standard InChI is InChI=1S/C81H49N19O25S8.Zn/c101-69-65-39(28-63(132(120,121)122)67(69)98-96-59-16-5-10-37-8-1-3-14-49(37)59)26-47(130(114,115)116)35-61(65)83-80-93-79(94-81(95-80)84-62-36-48(131(117,118)119)27-40-29-64(133(123,124)125)68(70(102)66(40)62)99-97-60-17-6-11-38-9-2-4-15-50(38)60)82-41-12-7-13-42(30-41)100-126(103,104)43-18-22-51-55(31-43)75-85-71(51)87-76-57-33-45(128(108,109)110)20-24-53(57)73(89-76)91-78-58-34-46(129(111,112)113)21-25-54(58)74(92-78)90-77-56-32-44(127(105,106)107)19-23-52(56)72(86-75)88-77;/h1-36,100H,(H12-2,82,83,84,85,86,87,88,89,90,91,92,93,94,95,96,97,98,99,101,102,105,106,107,108,109,110,111,112,113,114,115,116,117,118,119,120,121,122,123,124,125);/q-2;+2. The Morgan fingerprint density at radius 3 is 1.06 bits per heavy atom. The van der Waals surface area contributed by atoms with Crippen molar-refractivity contribution in [3.8, 4) is 57.1 Å². The molecule has 8 bridgehead atoms. The van der Waals surface area contributed by atoms with Gasteiger partial charge in [0.1, 0.15) is 21.2 Å². The van der Waals surface area contributed by atoms with Crippen molar-refractivity contribution in [3.05, 3.63) is 218 Å². The van der Waals surface area contributed by atoms with Gasteiger partial charge in [-0.05, 0) is 158 Å². The zero-order valence-corrected chi connectivity index (χ0v) is 76.0. The van der Waals surface area contributed by atoms with Gasteiger partial charge in [0.2, 0.25) is 17.8 Å². The molecule has 0 fully saturated rings. The molecule has 0 saturated heterocycles. The van der Waals surface area contributed by atoms with Crippen molar-refractivity contribution in [1.82, 2.24) is 54.8 Å². The summed E-state index contributed by atoms with van der Waals surface area (Å²) < 4.78 is 288. The molecule has 0 aliphatic carbocycles. The van der Waals surface area contributed by atoms with Crippen molar-refractivity contribution in [1.29, 1.82) is 0 Å². The van der Waals surface area contributed by atoms with Gasteiger partial charge in [-0.2, -0.15) is 73.9 Å². The largest absolute Gasteiger partial charge is 2.00 e. The van der Waals surface area contributed by atoms with E-state index in [1.165, 1.54) is 60.7 Å². The fraction of sp³-hybridized carbons (Fsp3) is 0. The normalized spacial score (nSPS) is 12.9. The number of phenols is 2. The number of aromatic hydroxyl groups is 2.